The lowest BCUT2D eigenvalue weighted by molar-refractivity contribution is -0.137. The van der Waals surface area contributed by atoms with E-state index in [0.29, 0.717) is 12.2 Å². The summed E-state index contributed by atoms with van der Waals surface area (Å²) in [5, 5.41) is 0. The molecular formula is C18H16O2. The first-order chi connectivity index (χ1) is 9.72. The monoisotopic (exact) mass is 264 g/mol. The number of benzene rings is 2. The summed E-state index contributed by atoms with van der Waals surface area (Å²) >= 11 is 0. The molecule has 0 bridgehead atoms. The number of rotatable bonds is 2. The zero-order chi connectivity index (χ0) is 13.9. The van der Waals surface area contributed by atoms with Gasteiger partial charge in [0, 0.05) is 11.5 Å². The van der Waals surface area contributed by atoms with E-state index in [-0.39, 0.29) is 11.9 Å². The number of esters is 1. The van der Waals surface area contributed by atoms with E-state index in [9.17, 15) is 4.79 Å². The molecule has 0 fully saturated rings. The fraction of sp³-hybridized carbons (Fsp3) is 0.167. The fourth-order valence-electron chi connectivity index (χ4n) is 2.40. The molecule has 0 radical (unpaired) electrons. The van der Waals surface area contributed by atoms with Gasteiger partial charge in [-0.3, -0.25) is 4.79 Å². The minimum Gasteiger partial charge on any atom is -0.426 e. The molecule has 1 aliphatic heterocycles. The van der Waals surface area contributed by atoms with Gasteiger partial charge in [-0.25, -0.2) is 0 Å². The van der Waals surface area contributed by atoms with Crippen LogP contribution in [0.5, 0.6) is 0 Å². The normalized spacial score (nSPS) is 18.4. The van der Waals surface area contributed by atoms with E-state index in [1.807, 2.05) is 36.4 Å². The molecule has 1 atom stereocenters. The van der Waals surface area contributed by atoms with E-state index in [2.05, 4.69) is 31.2 Å². The molecular weight excluding hydrogens is 248 g/mol. The molecule has 3 rings (SSSR count). The quantitative estimate of drug-likeness (QED) is 0.764. The summed E-state index contributed by atoms with van der Waals surface area (Å²) in [6, 6.07) is 18.1. The molecule has 0 saturated heterocycles. The van der Waals surface area contributed by atoms with Gasteiger partial charge in [0.05, 0.1) is 6.42 Å². The molecule has 0 N–H and O–H groups in total. The van der Waals surface area contributed by atoms with Crippen molar-refractivity contribution in [3.8, 4) is 0 Å². The predicted molar refractivity (Wildman–Crippen MR) is 79.0 cm³/mol. The fourth-order valence-corrected chi connectivity index (χ4v) is 2.40. The van der Waals surface area contributed by atoms with Crippen molar-refractivity contribution in [3.05, 3.63) is 77.4 Å². The smallest absolute Gasteiger partial charge is 0.312 e. The number of ether oxygens (including phenoxy) is 1. The number of aryl methyl sites for hydroxylation is 1. The Hall–Kier alpha value is -2.35. The molecule has 2 nitrogen and oxygen atoms in total. The molecule has 2 aromatic carbocycles. The Labute approximate surface area is 118 Å². The van der Waals surface area contributed by atoms with Gasteiger partial charge >= 0.3 is 5.97 Å². The van der Waals surface area contributed by atoms with E-state index >= 15 is 0 Å². The van der Waals surface area contributed by atoms with E-state index in [1.54, 1.807) is 0 Å². The maximum atomic E-state index is 11.8. The van der Waals surface area contributed by atoms with Crippen LogP contribution in [-0.2, 0) is 9.53 Å². The van der Waals surface area contributed by atoms with Crippen molar-refractivity contribution in [2.24, 2.45) is 0 Å². The van der Waals surface area contributed by atoms with Crippen molar-refractivity contribution < 1.29 is 9.53 Å². The maximum absolute atomic E-state index is 11.8. The lowest BCUT2D eigenvalue weighted by Gasteiger charge is -2.21. The standard InChI is InChI=1S/C18H16O2/c1-13-7-9-14(10-8-13)16-11-17(20-18(19)12-16)15-5-3-2-4-6-15/h2-11,16H,12H2,1H3/t16-/m0/s1. The largest absolute Gasteiger partial charge is 0.426 e. The van der Waals surface area contributed by atoms with Gasteiger partial charge in [-0.05, 0) is 18.6 Å². The number of hydrogen-bond donors (Lipinski definition) is 0. The number of cyclic esters (lactones) is 1. The van der Waals surface area contributed by atoms with Crippen molar-refractivity contribution in [1.82, 2.24) is 0 Å². The second kappa shape index (κ2) is 5.33. The summed E-state index contributed by atoms with van der Waals surface area (Å²) in [4.78, 5) is 11.8. The average Bonchev–Trinajstić information content (AvgIpc) is 2.48. The summed E-state index contributed by atoms with van der Waals surface area (Å²) in [7, 11) is 0. The molecule has 0 aliphatic carbocycles. The number of carbonyl (C=O) groups is 1. The van der Waals surface area contributed by atoms with Crippen LogP contribution in [0.4, 0.5) is 0 Å². The molecule has 0 saturated carbocycles. The van der Waals surface area contributed by atoms with Crippen LogP contribution in [-0.4, -0.2) is 5.97 Å². The molecule has 100 valence electrons. The van der Waals surface area contributed by atoms with Gasteiger partial charge in [0.25, 0.3) is 0 Å². The van der Waals surface area contributed by atoms with Gasteiger partial charge in [-0.15, -0.1) is 0 Å². The van der Waals surface area contributed by atoms with Gasteiger partial charge in [0.2, 0.25) is 0 Å². The first kappa shape index (κ1) is 12.7. The van der Waals surface area contributed by atoms with E-state index in [4.69, 9.17) is 4.74 Å². The summed E-state index contributed by atoms with van der Waals surface area (Å²) in [5.74, 6) is 0.580. The van der Waals surface area contributed by atoms with E-state index in [0.717, 1.165) is 11.1 Å². The molecule has 0 aromatic heterocycles. The van der Waals surface area contributed by atoms with Crippen molar-refractivity contribution in [2.45, 2.75) is 19.3 Å². The molecule has 0 amide bonds. The van der Waals surface area contributed by atoms with Gasteiger partial charge < -0.3 is 4.74 Å². The summed E-state index contributed by atoms with van der Waals surface area (Å²) < 4.78 is 5.37. The zero-order valence-electron chi connectivity index (χ0n) is 11.4. The topological polar surface area (TPSA) is 26.3 Å². The molecule has 1 aliphatic rings. The Kier molecular flexibility index (Phi) is 3.38. The minimum atomic E-state index is -0.170. The SMILES string of the molecule is Cc1ccc([C@H]2C=C(c3ccccc3)OC(=O)C2)cc1. The third kappa shape index (κ3) is 2.64. The second-order valence-electron chi connectivity index (χ2n) is 5.09. The first-order valence-corrected chi connectivity index (χ1v) is 6.77. The predicted octanol–water partition coefficient (Wildman–Crippen LogP) is 4.07. The third-order valence-corrected chi connectivity index (χ3v) is 3.53. The Morgan fingerprint density at radius 1 is 1.00 bits per heavy atom. The van der Waals surface area contributed by atoms with Crippen LogP contribution in [0.15, 0.2) is 60.7 Å². The Morgan fingerprint density at radius 3 is 2.40 bits per heavy atom. The van der Waals surface area contributed by atoms with Crippen LogP contribution in [0.2, 0.25) is 0 Å². The first-order valence-electron chi connectivity index (χ1n) is 6.77. The molecule has 2 heteroatoms. The molecule has 0 unspecified atom stereocenters. The lowest BCUT2D eigenvalue weighted by Crippen LogP contribution is -2.15. The maximum Gasteiger partial charge on any atom is 0.312 e. The highest BCUT2D eigenvalue weighted by molar-refractivity contribution is 5.82. The highest BCUT2D eigenvalue weighted by atomic mass is 16.5. The van der Waals surface area contributed by atoms with Gasteiger partial charge in [-0.2, -0.15) is 0 Å². The number of hydrogen-bond acceptors (Lipinski definition) is 2. The number of carbonyl (C=O) groups excluding carboxylic acids is 1. The number of allylic oxidation sites excluding steroid dienone is 1. The average molecular weight is 264 g/mol. The minimum absolute atomic E-state index is 0.0899. The van der Waals surface area contributed by atoms with Gasteiger partial charge in [0.15, 0.2) is 0 Å². The molecule has 1 heterocycles. The molecule has 20 heavy (non-hydrogen) atoms. The van der Waals surface area contributed by atoms with Crippen LogP contribution in [0, 0.1) is 6.92 Å². The van der Waals surface area contributed by atoms with Crippen molar-refractivity contribution in [2.75, 3.05) is 0 Å². The second-order valence-corrected chi connectivity index (χ2v) is 5.09. The van der Waals surface area contributed by atoms with Crippen LogP contribution in [0.25, 0.3) is 5.76 Å². The van der Waals surface area contributed by atoms with Gasteiger partial charge in [0.1, 0.15) is 5.76 Å². The van der Waals surface area contributed by atoms with Crippen LogP contribution in [0.1, 0.15) is 29.0 Å². The highest BCUT2D eigenvalue weighted by Crippen LogP contribution is 2.32. The highest BCUT2D eigenvalue weighted by Gasteiger charge is 2.23. The summed E-state index contributed by atoms with van der Waals surface area (Å²) in [6.07, 6.45) is 2.45. The molecule has 0 spiro atoms. The molecule has 2 aromatic rings. The van der Waals surface area contributed by atoms with Crippen molar-refractivity contribution >= 4 is 11.7 Å². The summed E-state index contributed by atoms with van der Waals surface area (Å²) in [5.41, 5.74) is 3.32. The van der Waals surface area contributed by atoms with Gasteiger partial charge in [-0.1, -0.05) is 60.2 Å². The Morgan fingerprint density at radius 2 is 1.70 bits per heavy atom. The summed E-state index contributed by atoms with van der Waals surface area (Å²) in [6.45, 7) is 2.06. The van der Waals surface area contributed by atoms with Crippen LogP contribution >= 0.6 is 0 Å². The Balaban J connectivity index is 1.95. The van der Waals surface area contributed by atoms with E-state index in [1.165, 1.54) is 5.56 Å². The van der Waals surface area contributed by atoms with Crippen molar-refractivity contribution in [1.29, 1.82) is 0 Å². The van der Waals surface area contributed by atoms with Crippen LogP contribution < -0.4 is 0 Å². The van der Waals surface area contributed by atoms with Crippen molar-refractivity contribution in [3.63, 3.8) is 0 Å². The zero-order valence-corrected chi connectivity index (χ0v) is 11.4. The van der Waals surface area contributed by atoms with Crippen LogP contribution in [0.3, 0.4) is 0 Å². The third-order valence-electron chi connectivity index (χ3n) is 3.53. The van der Waals surface area contributed by atoms with E-state index < -0.39 is 0 Å². The lowest BCUT2D eigenvalue weighted by atomic mass is 9.92. The Bertz CT molecular complexity index is 639.